The molecule has 0 bridgehead atoms. The Bertz CT molecular complexity index is 697. The lowest BCUT2D eigenvalue weighted by atomic mass is 10.0. The van der Waals surface area contributed by atoms with Crippen LogP contribution in [-0.2, 0) is 25.6 Å². The minimum absolute atomic E-state index is 0.0906. The van der Waals surface area contributed by atoms with Crippen LogP contribution in [0.25, 0.3) is 0 Å². The van der Waals surface area contributed by atoms with Gasteiger partial charge in [-0.15, -0.1) is 0 Å². The lowest BCUT2D eigenvalue weighted by Crippen LogP contribution is -2.55. The summed E-state index contributed by atoms with van der Waals surface area (Å²) < 4.78 is 0. The number of nitrogens with two attached hydrogens (primary N) is 2. The average molecular weight is 408 g/mol. The van der Waals surface area contributed by atoms with E-state index in [2.05, 4.69) is 10.6 Å². The van der Waals surface area contributed by atoms with Crippen LogP contribution in [0.4, 0.5) is 0 Å². The summed E-state index contributed by atoms with van der Waals surface area (Å²) in [5.41, 5.74) is 11.7. The summed E-state index contributed by atoms with van der Waals surface area (Å²) in [6.07, 6.45) is 0.833. The fourth-order valence-electron chi connectivity index (χ4n) is 2.64. The second-order valence-electron chi connectivity index (χ2n) is 6.64. The van der Waals surface area contributed by atoms with E-state index in [-0.39, 0.29) is 12.8 Å². The molecule has 2 amide bonds. The monoisotopic (exact) mass is 408 g/mol. The summed E-state index contributed by atoms with van der Waals surface area (Å²) >= 11 is 0. The maximum Gasteiger partial charge on any atom is 0.326 e. The van der Waals surface area contributed by atoms with Crippen molar-refractivity contribution in [1.29, 1.82) is 0 Å². The maximum atomic E-state index is 12.7. The molecule has 0 aliphatic carbocycles. The molecule has 1 aromatic rings. The Morgan fingerprint density at radius 2 is 1.55 bits per heavy atom. The lowest BCUT2D eigenvalue weighted by molar-refractivity contribution is -0.143. The largest absolute Gasteiger partial charge is 0.481 e. The molecule has 0 saturated heterocycles. The molecule has 29 heavy (non-hydrogen) atoms. The van der Waals surface area contributed by atoms with Crippen LogP contribution in [0.3, 0.4) is 0 Å². The van der Waals surface area contributed by atoms with E-state index in [4.69, 9.17) is 16.6 Å². The number of hydrogen-bond donors (Lipinski definition) is 6. The highest BCUT2D eigenvalue weighted by molar-refractivity contribution is 5.93. The summed E-state index contributed by atoms with van der Waals surface area (Å²) in [6, 6.07) is 5.23. The van der Waals surface area contributed by atoms with Gasteiger partial charge in [0.2, 0.25) is 11.8 Å². The van der Waals surface area contributed by atoms with Crippen LogP contribution < -0.4 is 22.1 Å². The van der Waals surface area contributed by atoms with Gasteiger partial charge in [-0.25, -0.2) is 4.79 Å². The molecule has 0 radical (unpaired) electrons. The number of amides is 2. The molecule has 0 aliphatic rings. The first-order chi connectivity index (χ1) is 13.7. The number of benzene rings is 1. The number of rotatable bonds is 13. The fourth-order valence-corrected chi connectivity index (χ4v) is 2.64. The lowest BCUT2D eigenvalue weighted by Gasteiger charge is -2.23. The summed E-state index contributed by atoms with van der Waals surface area (Å²) in [4.78, 5) is 47.1. The topological polar surface area (TPSA) is 185 Å². The van der Waals surface area contributed by atoms with Gasteiger partial charge in [0, 0.05) is 6.42 Å². The van der Waals surface area contributed by atoms with E-state index in [9.17, 15) is 24.3 Å². The van der Waals surface area contributed by atoms with E-state index < -0.39 is 48.3 Å². The van der Waals surface area contributed by atoms with Crippen molar-refractivity contribution in [2.24, 2.45) is 11.5 Å². The second kappa shape index (κ2) is 12.5. The predicted octanol–water partition coefficient (Wildman–Crippen LogP) is -0.786. The van der Waals surface area contributed by atoms with Gasteiger partial charge in [-0.1, -0.05) is 30.3 Å². The molecule has 0 aromatic heterocycles. The third kappa shape index (κ3) is 9.17. The molecule has 10 nitrogen and oxygen atoms in total. The van der Waals surface area contributed by atoms with Crippen molar-refractivity contribution in [3.63, 3.8) is 0 Å². The Hall–Kier alpha value is -2.98. The Labute approximate surface area is 168 Å². The van der Waals surface area contributed by atoms with E-state index in [0.29, 0.717) is 19.4 Å². The molecule has 8 N–H and O–H groups in total. The molecule has 0 heterocycles. The quantitative estimate of drug-likeness (QED) is 0.229. The first kappa shape index (κ1) is 24.1. The Morgan fingerprint density at radius 1 is 0.931 bits per heavy atom. The predicted molar refractivity (Wildman–Crippen MR) is 105 cm³/mol. The highest BCUT2D eigenvalue weighted by atomic mass is 16.4. The first-order valence-corrected chi connectivity index (χ1v) is 9.29. The molecule has 1 rings (SSSR count). The zero-order valence-corrected chi connectivity index (χ0v) is 16.0. The van der Waals surface area contributed by atoms with Crippen LogP contribution in [-0.4, -0.2) is 58.6 Å². The molecule has 0 saturated carbocycles. The minimum atomic E-state index is -1.33. The van der Waals surface area contributed by atoms with Crippen LogP contribution >= 0.6 is 0 Å². The number of unbranched alkanes of at least 4 members (excludes halogenated alkanes) is 1. The van der Waals surface area contributed by atoms with Crippen molar-refractivity contribution in [2.45, 2.75) is 50.2 Å². The van der Waals surface area contributed by atoms with Gasteiger partial charge in [-0.2, -0.15) is 0 Å². The number of carboxylic acids is 2. The summed E-state index contributed by atoms with van der Waals surface area (Å²) in [7, 11) is 0. The fraction of sp³-hybridized carbons (Fsp3) is 0.474. The van der Waals surface area contributed by atoms with Gasteiger partial charge < -0.3 is 32.3 Å². The van der Waals surface area contributed by atoms with Gasteiger partial charge in [0.1, 0.15) is 12.1 Å². The van der Waals surface area contributed by atoms with E-state index in [0.717, 1.165) is 5.56 Å². The van der Waals surface area contributed by atoms with E-state index in [1.54, 1.807) is 30.3 Å². The van der Waals surface area contributed by atoms with Gasteiger partial charge in [-0.05, 0) is 31.4 Å². The van der Waals surface area contributed by atoms with Crippen LogP contribution in [0.15, 0.2) is 30.3 Å². The Kier molecular flexibility index (Phi) is 10.3. The molecule has 160 valence electrons. The van der Waals surface area contributed by atoms with Crippen LogP contribution in [0.5, 0.6) is 0 Å². The average Bonchev–Trinajstić information content (AvgIpc) is 2.66. The molecule has 1 aromatic carbocycles. The highest BCUT2D eigenvalue weighted by Gasteiger charge is 2.28. The third-order valence-corrected chi connectivity index (χ3v) is 4.21. The maximum absolute atomic E-state index is 12.7. The van der Waals surface area contributed by atoms with Gasteiger partial charge in [-0.3, -0.25) is 14.4 Å². The van der Waals surface area contributed by atoms with Crippen molar-refractivity contribution >= 4 is 23.8 Å². The van der Waals surface area contributed by atoms with Gasteiger partial charge in [0.15, 0.2) is 0 Å². The Morgan fingerprint density at radius 3 is 2.10 bits per heavy atom. The summed E-state index contributed by atoms with van der Waals surface area (Å²) in [6.45, 7) is 0.411. The third-order valence-electron chi connectivity index (χ3n) is 4.21. The first-order valence-electron chi connectivity index (χ1n) is 9.29. The van der Waals surface area contributed by atoms with Crippen LogP contribution in [0, 0.1) is 0 Å². The van der Waals surface area contributed by atoms with Crippen molar-refractivity contribution in [1.82, 2.24) is 10.6 Å². The number of carbonyl (C=O) groups is 4. The van der Waals surface area contributed by atoms with Crippen molar-refractivity contribution < 1.29 is 29.4 Å². The van der Waals surface area contributed by atoms with E-state index >= 15 is 0 Å². The Balaban J connectivity index is 2.90. The van der Waals surface area contributed by atoms with Crippen LogP contribution in [0.1, 0.15) is 31.2 Å². The molecule has 0 unspecified atom stereocenters. The van der Waals surface area contributed by atoms with Gasteiger partial charge in [0.25, 0.3) is 0 Å². The van der Waals surface area contributed by atoms with E-state index in [1.807, 2.05) is 0 Å². The molecular formula is C19H28N4O6. The van der Waals surface area contributed by atoms with Crippen LogP contribution in [0.2, 0.25) is 0 Å². The zero-order valence-electron chi connectivity index (χ0n) is 16.0. The van der Waals surface area contributed by atoms with Crippen molar-refractivity contribution in [3.8, 4) is 0 Å². The second-order valence-corrected chi connectivity index (χ2v) is 6.64. The number of hydrogen-bond acceptors (Lipinski definition) is 6. The summed E-state index contributed by atoms with van der Waals surface area (Å²) in [5, 5.41) is 23.0. The van der Waals surface area contributed by atoms with Gasteiger partial charge in [0.05, 0.1) is 12.5 Å². The molecule has 0 spiro atoms. The number of carbonyl (C=O) groups excluding carboxylic acids is 2. The molecular weight excluding hydrogens is 380 g/mol. The smallest absolute Gasteiger partial charge is 0.326 e. The normalized spacial score (nSPS) is 13.7. The minimum Gasteiger partial charge on any atom is -0.481 e. The van der Waals surface area contributed by atoms with Crippen molar-refractivity contribution in [2.75, 3.05) is 6.54 Å². The zero-order chi connectivity index (χ0) is 21.8. The number of nitrogens with one attached hydrogen (secondary N) is 2. The number of carboxylic acid groups (broad SMARTS) is 2. The van der Waals surface area contributed by atoms with Crippen molar-refractivity contribution in [3.05, 3.63) is 35.9 Å². The standard InChI is InChI=1S/C19H28N4O6/c20-9-5-4-8-14(19(28)29)22-18(27)15(10-12-6-2-1-3-7-12)23-17(26)13(21)11-16(24)25/h1-3,6-7,13-15H,4-5,8-11,20-21H2,(H,22,27)(H,23,26)(H,24,25)(H,28,29)/t13-,14-,15+/m0/s1. The molecule has 10 heteroatoms. The number of aliphatic carboxylic acids is 2. The molecule has 0 fully saturated rings. The van der Waals surface area contributed by atoms with Gasteiger partial charge >= 0.3 is 11.9 Å². The SMILES string of the molecule is NCCCC[C@H](NC(=O)[C@@H](Cc1ccccc1)NC(=O)[C@@H](N)CC(=O)O)C(=O)O. The molecule has 3 atom stereocenters. The van der Waals surface area contributed by atoms with E-state index in [1.165, 1.54) is 0 Å². The summed E-state index contributed by atoms with van der Waals surface area (Å²) in [5.74, 6) is -3.94. The highest BCUT2D eigenvalue weighted by Crippen LogP contribution is 2.07. The molecule has 0 aliphatic heterocycles.